The highest BCUT2D eigenvalue weighted by molar-refractivity contribution is 6.34. The van der Waals surface area contributed by atoms with Crippen molar-refractivity contribution in [1.82, 2.24) is 9.97 Å². The molecular formula is C14H9Cl2N3O. The SMILES string of the molecule is Nc1ccc2ncnc(Oc3cc(Cl)cc(Cl)c3)c2c1. The van der Waals surface area contributed by atoms with Crippen LogP contribution in [0.5, 0.6) is 11.6 Å². The highest BCUT2D eigenvalue weighted by atomic mass is 35.5. The van der Waals surface area contributed by atoms with Crippen molar-refractivity contribution in [2.45, 2.75) is 0 Å². The third-order valence-corrected chi connectivity index (χ3v) is 3.11. The van der Waals surface area contributed by atoms with E-state index < -0.39 is 0 Å². The second-order valence-corrected chi connectivity index (χ2v) is 5.04. The van der Waals surface area contributed by atoms with Crippen molar-refractivity contribution in [1.29, 1.82) is 0 Å². The quantitative estimate of drug-likeness (QED) is 0.717. The lowest BCUT2D eigenvalue weighted by molar-refractivity contribution is 0.468. The van der Waals surface area contributed by atoms with Gasteiger partial charge in [-0.05, 0) is 36.4 Å². The average molecular weight is 306 g/mol. The summed E-state index contributed by atoms with van der Waals surface area (Å²) < 4.78 is 5.73. The molecule has 0 saturated carbocycles. The second-order valence-electron chi connectivity index (χ2n) is 4.16. The first-order chi connectivity index (χ1) is 9.61. The molecule has 4 nitrogen and oxygen atoms in total. The number of nitrogen functional groups attached to an aromatic ring is 1. The van der Waals surface area contributed by atoms with Crippen molar-refractivity contribution in [3.63, 3.8) is 0 Å². The third kappa shape index (κ3) is 2.61. The van der Waals surface area contributed by atoms with Crippen LogP contribution >= 0.6 is 23.2 Å². The second kappa shape index (κ2) is 5.15. The van der Waals surface area contributed by atoms with Gasteiger partial charge >= 0.3 is 0 Å². The maximum Gasteiger partial charge on any atom is 0.230 e. The Morgan fingerprint density at radius 2 is 1.70 bits per heavy atom. The monoisotopic (exact) mass is 305 g/mol. The summed E-state index contributed by atoms with van der Waals surface area (Å²) in [5.41, 5.74) is 7.14. The molecule has 0 saturated heterocycles. The molecule has 0 spiro atoms. The molecular weight excluding hydrogens is 297 g/mol. The van der Waals surface area contributed by atoms with Crippen LogP contribution in [0, 0.1) is 0 Å². The number of nitrogens with two attached hydrogens (primary N) is 1. The number of anilines is 1. The highest BCUT2D eigenvalue weighted by Gasteiger charge is 2.08. The Hall–Kier alpha value is -2.04. The van der Waals surface area contributed by atoms with Gasteiger partial charge in [-0.1, -0.05) is 23.2 Å². The maximum absolute atomic E-state index is 5.94. The molecule has 0 amide bonds. The molecule has 0 unspecified atom stereocenters. The maximum atomic E-state index is 5.94. The van der Waals surface area contributed by atoms with E-state index in [9.17, 15) is 0 Å². The minimum Gasteiger partial charge on any atom is -0.438 e. The number of halogens is 2. The van der Waals surface area contributed by atoms with Gasteiger partial charge in [0.15, 0.2) is 0 Å². The molecule has 0 fully saturated rings. The van der Waals surface area contributed by atoms with Crippen LogP contribution in [-0.2, 0) is 0 Å². The van der Waals surface area contributed by atoms with E-state index in [-0.39, 0.29) is 0 Å². The van der Waals surface area contributed by atoms with E-state index in [0.29, 0.717) is 27.4 Å². The molecule has 0 aliphatic rings. The van der Waals surface area contributed by atoms with Crippen molar-refractivity contribution in [3.05, 3.63) is 52.8 Å². The van der Waals surface area contributed by atoms with Crippen molar-refractivity contribution >= 4 is 39.8 Å². The molecule has 6 heteroatoms. The molecule has 0 bridgehead atoms. The summed E-state index contributed by atoms with van der Waals surface area (Å²) in [5.74, 6) is 0.908. The number of nitrogens with zero attached hydrogens (tertiary/aromatic N) is 2. The van der Waals surface area contributed by atoms with Gasteiger partial charge in [-0.3, -0.25) is 0 Å². The summed E-state index contributed by atoms with van der Waals surface area (Å²) in [5, 5.41) is 1.71. The molecule has 0 aliphatic carbocycles. The first-order valence-electron chi connectivity index (χ1n) is 5.76. The largest absolute Gasteiger partial charge is 0.438 e. The molecule has 20 heavy (non-hydrogen) atoms. The van der Waals surface area contributed by atoms with Gasteiger partial charge in [0, 0.05) is 15.7 Å². The normalized spacial score (nSPS) is 10.7. The molecule has 0 radical (unpaired) electrons. The van der Waals surface area contributed by atoms with E-state index in [1.54, 1.807) is 30.3 Å². The standard InChI is InChI=1S/C14H9Cl2N3O/c15-8-3-9(16)5-11(4-8)20-14-12-6-10(17)1-2-13(12)18-7-19-14/h1-7H,17H2. The first-order valence-corrected chi connectivity index (χ1v) is 6.51. The first kappa shape index (κ1) is 13.0. The lowest BCUT2D eigenvalue weighted by Crippen LogP contribution is -1.93. The summed E-state index contributed by atoms with van der Waals surface area (Å²) in [4.78, 5) is 8.29. The van der Waals surface area contributed by atoms with Crippen molar-refractivity contribution in [2.24, 2.45) is 0 Å². The van der Waals surface area contributed by atoms with Crippen LogP contribution in [0.3, 0.4) is 0 Å². The van der Waals surface area contributed by atoms with Gasteiger partial charge in [0.25, 0.3) is 0 Å². The number of hydrogen-bond acceptors (Lipinski definition) is 4. The van der Waals surface area contributed by atoms with E-state index in [2.05, 4.69) is 9.97 Å². The lowest BCUT2D eigenvalue weighted by Gasteiger charge is -2.08. The number of benzene rings is 2. The summed E-state index contributed by atoms with van der Waals surface area (Å²) in [6, 6.07) is 10.3. The summed E-state index contributed by atoms with van der Waals surface area (Å²) in [6.45, 7) is 0. The highest BCUT2D eigenvalue weighted by Crippen LogP contribution is 2.31. The van der Waals surface area contributed by atoms with Crippen molar-refractivity contribution in [2.75, 3.05) is 5.73 Å². The number of rotatable bonds is 2. The number of ether oxygens (including phenoxy) is 1. The van der Waals surface area contributed by atoms with Crippen LogP contribution in [0.4, 0.5) is 5.69 Å². The molecule has 1 aromatic heterocycles. The molecule has 2 aromatic carbocycles. The third-order valence-electron chi connectivity index (χ3n) is 2.67. The molecule has 100 valence electrons. The smallest absolute Gasteiger partial charge is 0.230 e. The molecule has 0 atom stereocenters. The van der Waals surface area contributed by atoms with Gasteiger partial charge in [0.2, 0.25) is 5.88 Å². The number of aromatic nitrogens is 2. The van der Waals surface area contributed by atoms with Crippen LogP contribution in [0.1, 0.15) is 0 Å². The molecule has 3 aromatic rings. The zero-order valence-corrected chi connectivity index (χ0v) is 11.7. The van der Waals surface area contributed by atoms with Crippen molar-refractivity contribution in [3.8, 4) is 11.6 Å². The number of hydrogen-bond donors (Lipinski definition) is 1. The average Bonchev–Trinajstić information content (AvgIpc) is 2.38. The summed E-state index contributed by atoms with van der Waals surface area (Å²) in [7, 11) is 0. The zero-order chi connectivity index (χ0) is 14.1. The Balaban J connectivity index is 2.08. The van der Waals surface area contributed by atoms with Crippen LogP contribution in [0.15, 0.2) is 42.7 Å². The Morgan fingerprint density at radius 1 is 0.950 bits per heavy atom. The fraction of sp³-hybridized carbons (Fsp3) is 0. The van der Waals surface area contributed by atoms with Crippen LogP contribution < -0.4 is 10.5 Å². The lowest BCUT2D eigenvalue weighted by atomic mass is 10.2. The predicted octanol–water partition coefficient (Wildman–Crippen LogP) is 4.31. The minimum atomic E-state index is 0.403. The van der Waals surface area contributed by atoms with E-state index in [1.165, 1.54) is 6.33 Å². The molecule has 0 aliphatic heterocycles. The van der Waals surface area contributed by atoms with E-state index in [1.807, 2.05) is 6.07 Å². The minimum absolute atomic E-state index is 0.403. The zero-order valence-electron chi connectivity index (χ0n) is 10.2. The fourth-order valence-corrected chi connectivity index (χ4v) is 2.34. The number of fused-ring (bicyclic) bond motifs is 1. The van der Waals surface area contributed by atoms with Crippen molar-refractivity contribution < 1.29 is 4.74 Å². The molecule has 2 N–H and O–H groups in total. The topological polar surface area (TPSA) is 61.0 Å². The van der Waals surface area contributed by atoms with Gasteiger partial charge in [0.1, 0.15) is 12.1 Å². The van der Waals surface area contributed by atoms with Crippen LogP contribution in [0.2, 0.25) is 10.0 Å². The van der Waals surface area contributed by atoms with Gasteiger partial charge in [-0.15, -0.1) is 0 Å². The van der Waals surface area contributed by atoms with Crippen LogP contribution in [-0.4, -0.2) is 9.97 Å². The Kier molecular flexibility index (Phi) is 3.34. The molecule has 3 rings (SSSR count). The fourth-order valence-electron chi connectivity index (χ4n) is 1.83. The van der Waals surface area contributed by atoms with E-state index in [4.69, 9.17) is 33.7 Å². The van der Waals surface area contributed by atoms with Gasteiger partial charge in [0.05, 0.1) is 10.9 Å². The van der Waals surface area contributed by atoms with Gasteiger partial charge in [-0.2, -0.15) is 0 Å². The van der Waals surface area contributed by atoms with Gasteiger partial charge < -0.3 is 10.5 Å². The Morgan fingerprint density at radius 3 is 2.45 bits per heavy atom. The van der Waals surface area contributed by atoms with Crippen LogP contribution in [0.25, 0.3) is 10.9 Å². The van der Waals surface area contributed by atoms with E-state index in [0.717, 1.165) is 10.9 Å². The Labute approximate surface area is 125 Å². The van der Waals surface area contributed by atoms with Gasteiger partial charge in [-0.25, -0.2) is 9.97 Å². The summed E-state index contributed by atoms with van der Waals surface area (Å²) >= 11 is 11.9. The Bertz CT molecular complexity index is 772. The van der Waals surface area contributed by atoms with E-state index >= 15 is 0 Å². The molecule has 1 heterocycles. The predicted molar refractivity (Wildman–Crippen MR) is 80.5 cm³/mol. The summed E-state index contributed by atoms with van der Waals surface area (Å²) in [6.07, 6.45) is 1.43.